The molecule has 2 aromatic rings. The van der Waals surface area contributed by atoms with E-state index in [1.165, 1.54) is 23.0 Å². The number of nitrogens with zero attached hydrogens (tertiary/aromatic N) is 2. The lowest BCUT2D eigenvalue weighted by molar-refractivity contribution is 0.159. The Balaban J connectivity index is 2.01. The van der Waals surface area contributed by atoms with E-state index in [0.717, 1.165) is 26.1 Å². The van der Waals surface area contributed by atoms with Gasteiger partial charge in [-0.15, -0.1) is 0 Å². The first kappa shape index (κ1) is 11.7. The Morgan fingerprint density at radius 1 is 1.28 bits per heavy atom. The first-order valence-corrected chi connectivity index (χ1v) is 6.93. The summed E-state index contributed by atoms with van der Waals surface area (Å²) in [6.07, 6.45) is 2.33. The van der Waals surface area contributed by atoms with Crippen molar-refractivity contribution in [3.8, 4) is 0 Å². The van der Waals surface area contributed by atoms with E-state index in [0.29, 0.717) is 5.41 Å². The van der Waals surface area contributed by atoms with Crippen molar-refractivity contribution in [2.24, 2.45) is 5.41 Å². The van der Waals surface area contributed by atoms with Crippen molar-refractivity contribution in [3.05, 3.63) is 30.0 Å². The molecule has 0 amide bonds. The first-order chi connectivity index (χ1) is 8.78. The molecule has 96 valence electrons. The van der Waals surface area contributed by atoms with Gasteiger partial charge in [0.25, 0.3) is 0 Å². The summed E-state index contributed by atoms with van der Waals surface area (Å²) in [6, 6.07) is 8.60. The summed E-state index contributed by atoms with van der Waals surface area (Å²) in [5.74, 6) is 0. The summed E-state index contributed by atoms with van der Waals surface area (Å²) >= 11 is 0. The third-order valence-electron chi connectivity index (χ3n) is 4.33. The van der Waals surface area contributed by atoms with Crippen LogP contribution in [0.4, 0.5) is 0 Å². The third-order valence-corrected chi connectivity index (χ3v) is 4.33. The number of fused-ring (bicyclic) bond motifs is 1. The minimum absolute atomic E-state index is 0.440. The maximum absolute atomic E-state index is 4.81. The number of para-hydroxylation sites is 1. The van der Waals surface area contributed by atoms with Gasteiger partial charge in [-0.05, 0) is 19.4 Å². The van der Waals surface area contributed by atoms with Crippen molar-refractivity contribution < 1.29 is 0 Å². The van der Waals surface area contributed by atoms with Gasteiger partial charge in [-0.25, -0.2) is 0 Å². The van der Waals surface area contributed by atoms with Crippen LogP contribution < -0.4 is 5.32 Å². The van der Waals surface area contributed by atoms with Gasteiger partial charge < -0.3 is 5.32 Å². The number of benzene rings is 1. The molecule has 0 unspecified atom stereocenters. The van der Waals surface area contributed by atoms with Gasteiger partial charge in [0.1, 0.15) is 0 Å². The van der Waals surface area contributed by atoms with E-state index < -0.39 is 0 Å². The van der Waals surface area contributed by atoms with Crippen LogP contribution in [0.3, 0.4) is 0 Å². The summed E-state index contributed by atoms with van der Waals surface area (Å²) in [7, 11) is 0. The van der Waals surface area contributed by atoms with Crippen LogP contribution in [0.25, 0.3) is 10.9 Å². The SMILES string of the molecule is CCn1nc(CC2(CC)CNC2)c2ccccc21. The minimum atomic E-state index is 0.440. The van der Waals surface area contributed by atoms with E-state index in [9.17, 15) is 0 Å². The molecule has 3 nitrogen and oxygen atoms in total. The monoisotopic (exact) mass is 243 g/mol. The molecule has 0 atom stereocenters. The zero-order valence-electron chi connectivity index (χ0n) is 11.2. The normalized spacial score (nSPS) is 17.9. The lowest BCUT2D eigenvalue weighted by atomic mass is 9.75. The average Bonchev–Trinajstić information content (AvgIpc) is 2.72. The van der Waals surface area contributed by atoms with Gasteiger partial charge in [0.15, 0.2) is 0 Å². The lowest BCUT2D eigenvalue weighted by Gasteiger charge is -2.41. The number of hydrogen-bond donors (Lipinski definition) is 1. The zero-order chi connectivity index (χ0) is 12.6. The van der Waals surface area contributed by atoms with Crippen LogP contribution in [0.2, 0.25) is 0 Å². The smallest absolute Gasteiger partial charge is 0.0709 e. The third kappa shape index (κ3) is 1.74. The van der Waals surface area contributed by atoms with Crippen LogP contribution in [0.1, 0.15) is 26.0 Å². The molecule has 3 heteroatoms. The molecule has 3 rings (SSSR count). The number of aryl methyl sites for hydroxylation is 1. The standard InChI is InChI=1S/C15H21N3/c1-3-15(10-16-11-15)9-13-12-7-5-6-8-14(12)18(4-2)17-13/h5-8,16H,3-4,9-11H2,1-2H3. The highest BCUT2D eigenvalue weighted by molar-refractivity contribution is 5.82. The first-order valence-electron chi connectivity index (χ1n) is 6.93. The van der Waals surface area contributed by atoms with E-state index in [2.05, 4.69) is 48.1 Å². The predicted octanol–water partition coefficient (Wildman–Crippen LogP) is 2.60. The van der Waals surface area contributed by atoms with Gasteiger partial charge in [-0.2, -0.15) is 5.10 Å². The fourth-order valence-electron chi connectivity index (χ4n) is 2.90. The van der Waals surface area contributed by atoms with Crippen molar-refractivity contribution in [3.63, 3.8) is 0 Å². The van der Waals surface area contributed by atoms with E-state index >= 15 is 0 Å². The molecule has 0 aliphatic carbocycles. The number of rotatable bonds is 4. The second-order valence-electron chi connectivity index (χ2n) is 5.41. The Hall–Kier alpha value is -1.35. The van der Waals surface area contributed by atoms with Gasteiger partial charge >= 0.3 is 0 Å². The van der Waals surface area contributed by atoms with Crippen molar-refractivity contribution in [1.29, 1.82) is 0 Å². The molecule has 1 aliphatic rings. The molecule has 0 bridgehead atoms. The highest BCUT2D eigenvalue weighted by atomic mass is 15.3. The number of nitrogens with one attached hydrogen (secondary N) is 1. The molecule has 0 saturated carbocycles. The topological polar surface area (TPSA) is 29.9 Å². The largest absolute Gasteiger partial charge is 0.316 e. The molecule has 0 radical (unpaired) electrons. The van der Waals surface area contributed by atoms with Crippen molar-refractivity contribution >= 4 is 10.9 Å². The van der Waals surface area contributed by atoms with Crippen LogP contribution >= 0.6 is 0 Å². The fourth-order valence-corrected chi connectivity index (χ4v) is 2.90. The van der Waals surface area contributed by atoms with Crippen molar-refractivity contribution in [2.75, 3.05) is 13.1 Å². The minimum Gasteiger partial charge on any atom is -0.316 e. The summed E-state index contributed by atoms with van der Waals surface area (Å²) < 4.78 is 2.13. The average molecular weight is 243 g/mol. The highest BCUT2D eigenvalue weighted by Crippen LogP contribution is 2.33. The summed E-state index contributed by atoms with van der Waals surface area (Å²) in [6.45, 7) is 7.66. The quantitative estimate of drug-likeness (QED) is 0.894. The van der Waals surface area contributed by atoms with E-state index in [1.54, 1.807) is 0 Å². The molecule has 1 fully saturated rings. The van der Waals surface area contributed by atoms with Crippen LogP contribution in [0.5, 0.6) is 0 Å². The molecule has 2 heterocycles. The molecule has 1 aromatic carbocycles. The van der Waals surface area contributed by atoms with Crippen LogP contribution in [0.15, 0.2) is 24.3 Å². The molecule has 1 saturated heterocycles. The Kier molecular flexibility index (Phi) is 2.86. The molecule has 0 spiro atoms. The fraction of sp³-hybridized carbons (Fsp3) is 0.533. The Morgan fingerprint density at radius 3 is 2.67 bits per heavy atom. The van der Waals surface area contributed by atoms with Gasteiger partial charge in [0, 0.05) is 36.9 Å². The van der Waals surface area contributed by atoms with E-state index in [4.69, 9.17) is 5.10 Å². The summed E-state index contributed by atoms with van der Waals surface area (Å²) in [4.78, 5) is 0. The Bertz CT molecular complexity index is 546. The summed E-state index contributed by atoms with van der Waals surface area (Å²) in [5.41, 5.74) is 2.99. The summed E-state index contributed by atoms with van der Waals surface area (Å²) in [5, 5.41) is 9.55. The predicted molar refractivity (Wildman–Crippen MR) is 74.7 cm³/mol. The van der Waals surface area contributed by atoms with E-state index in [1.807, 2.05) is 0 Å². The Labute approximate surface area is 108 Å². The second-order valence-corrected chi connectivity index (χ2v) is 5.41. The maximum atomic E-state index is 4.81. The van der Waals surface area contributed by atoms with Crippen LogP contribution in [-0.2, 0) is 13.0 Å². The molecule has 18 heavy (non-hydrogen) atoms. The van der Waals surface area contributed by atoms with Crippen LogP contribution in [0, 0.1) is 5.41 Å². The van der Waals surface area contributed by atoms with Crippen LogP contribution in [-0.4, -0.2) is 22.9 Å². The zero-order valence-corrected chi connectivity index (χ0v) is 11.2. The number of aromatic nitrogens is 2. The second kappa shape index (κ2) is 4.39. The lowest BCUT2D eigenvalue weighted by Crippen LogP contribution is -2.54. The van der Waals surface area contributed by atoms with Gasteiger partial charge in [0.05, 0.1) is 11.2 Å². The highest BCUT2D eigenvalue weighted by Gasteiger charge is 2.36. The van der Waals surface area contributed by atoms with Gasteiger partial charge in [-0.3, -0.25) is 4.68 Å². The molecule has 1 aromatic heterocycles. The molecular weight excluding hydrogens is 222 g/mol. The number of hydrogen-bond acceptors (Lipinski definition) is 2. The van der Waals surface area contributed by atoms with Gasteiger partial charge in [0.2, 0.25) is 0 Å². The van der Waals surface area contributed by atoms with Crippen molar-refractivity contribution in [1.82, 2.24) is 15.1 Å². The van der Waals surface area contributed by atoms with E-state index in [-0.39, 0.29) is 0 Å². The molecule has 1 N–H and O–H groups in total. The maximum Gasteiger partial charge on any atom is 0.0709 e. The molecule has 1 aliphatic heterocycles. The van der Waals surface area contributed by atoms with Crippen molar-refractivity contribution in [2.45, 2.75) is 33.2 Å². The van der Waals surface area contributed by atoms with Gasteiger partial charge in [-0.1, -0.05) is 25.1 Å². The molecular formula is C15H21N3. The Morgan fingerprint density at radius 2 is 2.06 bits per heavy atom.